The van der Waals surface area contributed by atoms with E-state index in [1.165, 1.54) is 5.56 Å². The van der Waals surface area contributed by atoms with Gasteiger partial charge < -0.3 is 15.0 Å². The van der Waals surface area contributed by atoms with Gasteiger partial charge in [0.1, 0.15) is 5.75 Å². The number of hydrogen-bond acceptors (Lipinski definition) is 3. The molecule has 1 heterocycles. The van der Waals surface area contributed by atoms with E-state index in [4.69, 9.17) is 4.74 Å². The number of anilines is 2. The summed E-state index contributed by atoms with van der Waals surface area (Å²) in [6.45, 7) is 6.08. The molecule has 0 aliphatic carbocycles. The minimum Gasteiger partial charge on any atom is -0.482 e. The first kappa shape index (κ1) is 17.0. The summed E-state index contributed by atoms with van der Waals surface area (Å²) in [4.78, 5) is 25.8. The van der Waals surface area contributed by atoms with E-state index < -0.39 is 0 Å². The lowest BCUT2D eigenvalue weighted by atomic mass is 10.0. The fourth-order valence-corrected chi connectivity index (χ4v) is 3.17. The first-order valence-corrected chi connectivity index (χ1v) is 8.25. The molecule has 0 aromatic heterocycles. The summed E-state index contributed by atoms with van der Waals surface area (Å²) >= 11 is 0. The summed E-state index contributed by atoms with van der Waals surface area (Å²) in [5.74, 6) is 0.484. The highest BCUT2D eigenvalue weighted by Gasteiger charge is 2.22. The number of fused-ring (bicyclic) bond motifs is 1. The van der Waals surface area contributed by atoms with Gasteiger partial charge in [-0.3, -0.25) is 9.59 Å². The van der Waals surface area contributed by atoms with Crippen molar-refractivity contribution in [3.8, 4) is 5.75 Å². The minimum absolute atomic E-state index is 0.0509. The average molecular weight is 338 g/mol. The summed E-state index contributed by atoms with van der Waals surface area (Å²) in [6.07, 6.45) is 0.238. The van der Waals surface area contributed by atoms with Crippen LogP contribution in [0.5, 0.6) is 5.75 Å². The third-order valence-corrected chi connectivity index (χ3v) is 4.42. The van der Waals surface area contributed by atoms with Gasteiger partial charge in [0.05, 0.1) is 12.1 Å². The molecule has 0 saturated carbocycles. The van der Waals surface area contributed by atoms with Crippen LogP contribution in [0, 0.1) is 20.8 Å². The van der Waals surface area contributed by atoms with Crippen molar-refractivity contribution in [3.63, 3.8) is 0 Å². The molecule has 0 saturated heterocycles. The van der Waals surface area contributed by atoms with E-state index in [2.05, 4.69) is 17.4 Å². The van der Waals surface area contributed by atoms with Crippen molar-refractivity contribution >= 4 is 23.2 Å². The van der Waals surface area contributed by atoms with E-state index in [1.54, 1.807) is 11.9 Å². The van der Waals surface area contributed by atoms with Crippen LogP contribution in [-0.4, -0.2) is 25.5 Å². The van der Waals surface area contributed by atoms with Gasteiger partial charge in [-0.05, 0) is 49.6 Å². The van der Waals surface area contributed by atoms with Gasteiger partial charge in [0, 0.05) is 12.7 Å². The van der Waals surface area contributed by atoms with Gasteiger partial charge in [-0.15, -0.1) is 0 Å². The molecule has 0 bridgehead atoms. The number of likely N-dealkylation sites (N-methyl/N-ethyl adjacent to an activating group) is 1. The fraction of sp³-hybridized carbons (Fsp3) is 0.300. The van der Waals surface area contributed by atoms with Crippen molar-refractivity contribution in [2.24, 2.45) is 0 Å². The number of nitrogens with zero attached hydrogens (tertiary/aromatic N) is 1. The van der Waals surface area contributed by atoms with Crippen molar-refractivity contribution in [3.05, 3.63) is 52.6 Å². The second kappa shape index (κ2) is 6.59. The highest BCUT2D eigenvalue weighted by Crippen LogP contribution is 2.32. The molecule has 5 nitrogen and oxygen atoms in total. The second-order valence-corrected chi connectivity index (χ2v) is 6.54. The van der Waals surface area contributed by atoms with Crippen LogP contribution >= 0.6 is 0 Å². The molecule has 2 aromatic rings. The van der Waals surface area contributed by atoms with Gasteiger partial charge in [0.15, 0.2) is 6.61 Å². The summed E-state index contributed by atoms with van der Waals surface area (Å²) in [5.41, 5.74) is 5.68. The lowest BCUT2D eigenvalue weighted by Gasteiger charge is -2.26. The molecule has 25 heavy (non-hydrogen) atoms. The molecule has 5 heteroatoms. The summed E-state index contributed by atoms with van der Waals surface area (Å²) in [5, 5.41) is 3.00. The SMILES string of the molecule is Cc1cc(C)c(NC(=O)Cc2ccc3c(c2)N(C)C(=O)CO3)c(C)c1. The van der Waals surface area contributed by atoms with Crippen molar-refractivity contribution in [1.82, 2.24) is 0 Å². The predicted octanol–water partition coefficient (Wildman–Crippen LogP) is 3.15. The smallest absolute Gasteiger partial charge is 0.264 e. The Morgan fingerprint density at radius 3 is 2.52 bits per heavy atom. The number of hydrogen-bond donors (Lipinski definition) is 1. The topological polar surface area (TPSA) is 58.6 Å². The number of aryl methyl sites for hydroxylation is 3. The van der Waals surface area contributed by atoms with Crippen LogP contribution < -0.4 is 15.0 Å². The zero-order valence-electron chi connectivity index (χ0n) is 15.0. The number of amides is 2. The Morgan fingerprint density at radius 2 is 1.84 bits per heavy atom. The highest BCUT2D eigenvalue weighted by atomic mass is 16.5. The zero-order chi connectivity index (χ0) is 18.1. The number of benzene rings is 2. The number of rotatable bonds is 3. The standard InChI is InChI=1S/C20H22N2O3/c1-12-7-13(2)20(14(3)8-12)21-18(23)10-15-5-6-17-16(9-15)22(4)19(24)11-25-17/h5-9H,10-11H2,1-4H3,(H,21,23). The van der Waals surface area contributed by atoms with Crippen LogP contribution in [0.3, 0.4) is 0 Å². The minimum atomic E-state index is -0.0972. The Labute approximate surface area is 147 Å². The third-order valence-electron chi connectivity index (χ3n) is 4.42. The molecule has 0 fully saturated rings. The maximum absolute atomic E-state index is 12.5. The lowest BCUT2D eigenvalue weighted by Crippen LogP contribution is -2.35. The van der Waals surface area contributed by atoms with Crippen LogP contribution in [0.25, 0.3) is 0 Å². The van der Waals surface area contributed by atoms with Crippen LogP contribution in [-0.2, 0) is 16.0 Å². The summed E-state index contributed by atoms with van der Waals surface area (Å²) < 4.78 is 5.41. The zero-order valence-corrected chi connectivity index (χ0v) is 15.0. The van der Waals surface area contributed by atoms with Gasteiger partial charge >= 0.3 is 0 Å². The maximum Gasteiger partial charge on any atom is 0.264 e. The van der Waals surface area contributed by atoms with Crippen molar-refractivity contribution in [2.75, 3.05) is 23.9 Å². The molecule has 1 aliphatic heterocycles. The molecule has 2 amide bonds. The molecule has 130 valence electrons. The van der Waals surface area contributed by atoms with Crippen molar-refractivity contribution in [1.29, 1.82) is 0 Å². The Hall–Kier alpha value is -2.82. The quantitative estimate of drug-likeness (QED) is 0.935. The van der Waals surface area contributed by atoms with E-state index >= 15 is 0 Å². The Morgan fingerprint density at radius 1 is 1.16 bits per heavy atom. The van der Waals surface area contributed by atoms with E-state index in [9.17, 15) is 9.59 Å². The molecule has 1 aliphatic rings. The number of carbonyl (C=O) groups excluding carboxylic acids is 2. The van der Waals surface area contributed by atoms with Gasteiger partial charge in [-0.1, -0.05) is 23.8 Å². The molecule has 0 unspecified atom stereocenters. The van der Waals surface area contributed by atoms with E-state index in [1.807, 2.05) is 39.0 Å². The summed E-state index contributed by atoms with van der Waals surface area (Å²) in [6, 6.07) is 9.61. The molecule has 1 N–H and O–H groups in total. The largest absolute Gasteiger partial charge is 0.482 e. The van der Waals surface area contributed by atoms with E-state index in [0.29, 0.717) is 11.4 Å². The molecule has 0 atom stereocenters. The van der Waals surface area contributed by atoms with Crippen LogP contribution in [0.1, 0.15) is 22.3 Å². The molecule has 0 spiro atoms. The second-order valence-electron chi connectivity index (χ2n) is 6.54. The number of nitrogens with one attached hydrogen (secondary N) is 1. The van der Waals surface area contributed by atoms with E-state index in [0.717, 1.165) is 22.4 Å². The first-order valence-electron chi connectivity index (χ1n) is 8.25. The highest BCUT2D eigenvalue weighted by molar-refractivity contribution is 5.98. The number of ether oxygens (including phenoxy) is 1. The van der Waals surface area contributed by atoms with Crippen LogP contribution in [0.4, 0.5) is 11.4 Å². The normalized spacial score (nSPS) is 13.3. The molecular formula is C20H22N2O3. The number of carbonyl (C=O) groups is 2. The van der Waals surface area contributed by atoms with Crippen LogP contribution in [0.2, 0.25) is 0 Å². The molecule has 0 radical (unpaired) electrons. The Kier molecular flexibility index (Phi) is 4.49. The van der Waals surface area contributed by atoms with Crippen LogP contribution in [0.15, 0.2) is 30.3 Å². The van der Waals surface area contributed by atoms with Crippen molar-refractivity contribution < 1.29 is 14.3 Å². The summed E-state index contributed by atoms with van der Waals surface area (Å²) in [7, 11) is 1.71. The third kappa shape index (κ3) is 3.50. The van der Waals surface area contributed by atoms with Gasteiger partial charge in [-0.25, -0.2) is 0 Å². The lowest BCUT2D eigenvalue weighted by molar-refractivity contribution is -0.121. The fourth-order valence-electron chi connectivity index (χ4n) is 3.17. The average Bonchev–Trinajstić information content (AvgIpc) is 2.55. The first-order chi connectivity index (χ1) is 11.8. The Bertz CT molecular complexity index is 835. The Balaban J connectivity index is 1.77. The van der Waals surface area contributed by atoms with E-state index in [-0.39, 0.29) is 24.8 Å². The monoisotopic (exact) mass is 338 g/mol. The molecule has 3 rings (SSSR count). The van der Waals surface area contributed by atoms with Gasteiger partial charge in [0.2, 0.25) is 5.91 Å². The molecule has 2 aromatic carbocycles. The maximum atomic E-state index is 12.5. The predicted molar refractivity (Wildman–Crippen MR) is 98.3 cm³/mol. The van der Waals surface area contributed by atoms with Gasteiger partial charge in [-0.2, -0.15) is 0 Å². The van der Waals surface area contributed by atoms with Crippen molar-refractivity contribution in [2.45, 2.75) is 27.2 Å². The molecular weight excluding hydrogens is 316 g/mol. The van der Waals surface area contributed by atoms with Gasteiger partial charge in [0.25, 0.3) is 5.91 Å².